The summed E-state index contributed by atoms with van der Waals surface area (Å²) in [7, 11) is 0. The van der Waals surface area contributed by atoms with E-state index in [9.17, 15) is 0 Å². The van der Waals surface area contributed by atoms with Crippen molar-refractivity contribution >= 4 is 0 Å². The third kappa shape index (κ3) is 8.01. The van der Waals surface area contributed by atoms with Crippen molar-refractivity contribution in [2.24, 2.45) is 0 Å². The molecule has 0 aliphatic heterocycles. The average Bonchev–Trinajstić information content (AvgIpc) is 2.68. The zero-order valence-electron chi connectivity index (χ0n) is 29.4. The Kier molecular flexibility index (Phi) is 9.22. The predicted molar refractivity (Wildman–Crippen MR) is 177 cm³/mol. The molecular formula is C39H64. The zero-order chi connectivity index (χ0) is 30.6. The molecule has 0 saturated carbocycles. The zero-order valence-corrected chi connectivity index (χ0v) is 29.4. The minimum Gasteiger partial charge on any atom is -0.0587 e. The Bertz CT molecular complexity index is 1140. The molecule has 0 bridgehead atoms. The van der Waals surface area contributed by atoms with Crippen molar-refractivity contribution in [1.82, 2.24) is 0 Å². The van der Waals surface area contributed by atoms with Gasteiger partial charge in [-0.05, 0) is 96.3 Å². The van der Waals surface area contributed by atoms with E-state index < -0.39 is 0 Å². The van der Waals surface area contributed by atoms with Crippen LogP contribution in [0.2, 0.25) is 0 Å². The van der Waals surface area contributed by atoms with Crippen molar-refractivity contribution in [2.45, 2.75) is 176 Å². The van der Waals surface area contributed by atoms with Crippen molar-refractivity contribution in [1.29, 1.82) is 0 Å². The van der Waals surface area contributed by atoms with E-state index in [0.29, 0.717) is 0 Å². The molecule has 0 unspecified atom stereocenters. The molecule has 0 nitrogen and oxygen atoms in total. The fourth-order valence-electron chi connectivity index (χ4n) is 6.42. The van der Waals surface area contributed by atoms with E-state index in [2.05, 4.69) is 149 Å². The lowest BCUT2D eigenvalue weighted by molar-refractivity contribution is 0.473. The Morgan fingerprint density at radius 3 is 1.21 bits per heavy atom. The molecule has 2 aromatic carbocycles. The van der Waals surface area contributed by atoms with Gasteiger partial charge < -0.3 is 0 Å². The van der Waals surface area contributed by atoms with Crippen LogP contribution in [0.25, 0.3) is 0 Å². The van der Waals surface area contributed by atoms with Crippen LogP contribution in [0.1, 0.15) is 176 Å². The van der Waals surface area contributed by atoms with Gasteiger partial charge in [0, 0.05) is 0 Å². The van der Waals surface area contributed by atoms with Crippen molar-refractivity contribution in [3.63, 3.8) is 0 Å². The molecule has 0 aromatic heterocycles. The van der Waals surface area contributed by atoms with Gasteiger partial charge in [-0.25, -0.2) is 0 Å². The molecule has 0 aliphatic rings. The standard InChI is InChI=1S/C39H64/c1-34(2,3)28-23-22-26(24-29(28)35(4,5)6)20-19-21-27-25-30(36(7,8)9)32(38(13,14)15)33(39(16,17)18)31(27)37(10,11)12/h22-25H,19-21H2,1-18H3. The summed E-state index contributed by atoms with van der Waals surface area (Å²) in [6, 6.07) is 9.92. The van der Waals surface area contributed by atoms with Gasteiger partial charge in [0.1, 0.15) is 0 Å². The molecule has 2 rings (SSSR count). The van der Waals surface area contributed by atoms with Crippen LogP contribution in [0.4, 0.5) is 0 Å². The van der Waals surface area contributed by atoms with Crippen molar-refractivity contribution in [2.75, 3.05) is 0 Å². The lowest BCUT2D eigenvalue weighted by Crippen LogP contribution is -2.33. The summed E-state index contributed by atoms with van der Waals surface area (Å²) < 4.78 is 0. The highest BCUT2D eigenvalue weighted by Gasteiger charge is 2.37. The van der Waals surface area contributed by atoms with Crippen LogP contribution >= 0.6 is 0 Å². The second kappa shape index (κ2) is 10.7. The predicted octanol–water partition coefficient (Wildman–Crippen LogP) is 11.6. The Balaban J connectivity index is 2.68. The summed E-state index contributed by atoms with van der Waals surface area (Å²) in [6.07, 6.45) is 3.41. The second-order valence-electron chi connectivity index (χ2n) is 18.4. The first-order valence-corrected chi connectivity index (χ1v) is 15.5. The van der Waals surface area contributed by atoms with E-state index in [1.54, 1.807) is 22.3 Å². The Morgan fingerprint density at radius 1 is 0.385 bits per heavy atom. The molecule has 0 heterocycles. The third-order valence-electron chi connectivity index (χ3n) is 8.08. The quantitative estimate of drug-likeness (QED) is 0.367. The van der Waals surface area contributed by atoms with Gasteiger partial charge in [-0.15, -0.1) is 0 Å². The summed E-state index contributed by atoms with van der Waals surface area (Å²) >= 11 is 0. The molecular weight excluding hydrogens is 468 g/mol. The summed E-state index contributed by atoms with van der Waals surface area (Å²) in [4.78, 5) is 0. The van der Waals surface area contributed by atoms with Gasteiger partial charge in [0.05, 0.1) is 0 Å². The summed E-state index contributed by atoms with van der Waals surface area (Å²) in [5.41, 5.74) is 13.0. The lowest BCUT2D eigenvalue weighted by atomic mass is 9.63. The second-order valence-corrected chi connectivity index (χ2v) is 18.4. The minimum absolute atomic E-state index is 0.0750. The van der Waals surface area contributed by atoms with Crippen LogP contribution in [0, 0.1) is 0 Å². The number of rotatable bonds is 4. The van der Waals surface area contributed by atoms with Crippen LogP contribution in [-0.4, -0.2) is 0 Å². The third-order valence-corrected chi connectivity index (χ3v) is 8.08. The minimum atomic E-state index is 0.0750. The summed E-state index contributed by atoms with van der Waals surface area (Å²) in [5, 5.41) is 0. The fourth-order valence-corrected chi connectivity index (χ4v) is 6.42. The molecule has 0 aliphatic carbocycles. The highest BCUT2D eigenvalue weighted by molar-refractivity contribution is 5.56. The molecule has 0 amide bonds. The monoisotopic (exact) mass is 533 g/mol. The van der Waals surface area contributed by atoms with Crippen molar-refractivity contribution < 1.29 is 0 Å². The fraction of sp³-hybridized carbons (Fsp3) is 0.692. The van der Waals surface area contributed by atoms with Crippen LogP contribution in [-0.2, 0) is 45.3 Å². The van der Waals surface area contributed by atoms with E-state index in [4.69, 9.17) is 0 Å². The van der Waals surface area contributed by atoms with Gasteiger partial charge in [0.2, 0.25) is 0 Å². The van der Waals surface area contributed by atoms with E-state index >= 15 is 0 Å². The van der Waals surface area contributed by atoms with E-state index in [0.717, 1.165) is 12.8 Å². The largest absolute Gasteiger partial charge is 0.0587 e. The van der Waals surface area contributed by atoms with Crippen LogP contribution in [0.3, 0.4) is 0 Å². The molecule has 0 N–H and O–H groups in total. The first-order valence-electron chi connectivity index (χ1n) is 15.5. The SMILES string of the molecule is CC(C)(C)c1ccc(CCCc2cc(C(C)(C)C)c(C(C)(C)C)c(C(C)(C)C)c2C(C)(C)C)cc1C(C)(C)C. The van der Waals surface area contributed by atoms with Gasteiger partial charge in [-0.3, -0.25) is 0 Å². The number of benzene rings is 2. The molecule has 220 valence electrons. The van der Waals surface area contributed by atoms with E-state index in [-0.39, 0.29) is 32.5 Å². The molecule has 2 aromatic rings. The Hall–Kier alpha value is -1.56. The smallest absolute Gasteiger partial charge is 0.0126 e. The van der Waals surface area contributed by atoms with Crippen LogP contribution in [0.5, 0.6) is 0 Å². The molecule has 0 atom stereocenters. The molecule has 0 radical (unpaired) electrons. The maximum Gasteiger partial charge on any atom is -0.0126 e. The van der Waals surface area contributed by atoms with Gasteiger partial charge in [0.25, 0.3) is 0 Å². The highest BCUT2D eigenvalue weighted by Crippen LogP contribution is 2.47. The van der Waals surface area contributed by atoms with E-state index in [1.807, 2.05) is 0 Å². The van der Waals surface area contributed by atoms with Gasteiger partial charge in [-0.1, -0.05) is 149 Å². The topological polar surface area (TPSA) is 0 Å². The first-order chi connectivity index (χ1) is 17.2. The first kappa shape index (κ1) is 33.6. The number of hydrogen-bond donors (Lipinski definition) is 0. The Labute approximate surface area is 244 Å². The number of aryl methyl sites for hydroxylation is 2. The van der Waals surface area contributed by atoms with Gasteiger partial charge >= 0.3 is 0 Å². The molecule has 0 fully saturated rings. The Morgan fingerprint density at radius 2 is 0.821 bits per heavy atom. The van der Waals surface area contributed by atoms with Crippen LogP contribution < -0.4 is 0 Å². The average molecular weight is 533 g/mol. The highest BCUT2D eigenvalue weighted by atomic mass is 14.4. The molecule has 0 heteroatoms. The normalized spacial score (nSPS) is 14.2. The van der Waals surface area contributed by atoms with Crippen LogP contribution in [0.15, 0.2) is 24.3 Å². The van der Waals surface area contributed by atoms with Crippen molar-refractivity contribution in [3.05, 3.63) is 68.8 Å². The van der Waals surface area contributed by atoms with Crippen molar-refractivity contribution in [3.8, 4) is 0 Å². The lowest BCUT2D eigenvalue weighted by Gasteiger charge is -2.42. The maximum absolute atomic E-state index is 2.61. The molecule has 0 spiro atoms. The summed E-state index contributed by atoms with van der Waals surface area (Å²) in [6.45, 7) is 43.1. The molecule has 0 saturated heterocycles. The maximum atomic E-state index is 2.61. The summed E-state index contributed by atoms with van der Waals surface area (Å²) in [5.74, 6) is 0. The van der Waals surface area contributed by atoms with Gasteiger partial charge in [-0.2, -0.15) is 0 Å². The number of hydrogen-bond acceptors (Lipinski definition) is 0. The molecule has 39 heavy (non-hydrogen) atoms. The van der Waals surface area contributed by atoms with Gasteiger partial charge in [0.15, 0.2) is 0 Å². The van der Waals surface area contributed by atoms with E-state index in [1.165, 1.54) is 28.7 Å².